The second-order valence-corrected chi connectivity index (χ2v) is 23.5. The van der Waals surface area contributed by atoms with E-state index in [4.69, 9.17) is 29.9 Å². The third kappa shape index (κ3) is 11.3. The first-order chi connectivity index (χ1) is 41.8. The number of carbonyl (C=O) groups is 2. The van der Waals surface area contributed by atoms with Crippen molar-refractivity contribution in [2.45, 2.75) is 94.7 Å². The van der Waals surface area contributed by atoms with Gasteiger partial charge in [0.1, 0.15) is 76.2 Å². The van der Waals surface area contributed by atoms with Crippen LogP contribution in [0, 0.1) is 40.5 Å². The summed E-state index contributed by atoms with van der Waals surface area (Å²) in [6.45, 7) is 4.26. The number of ether oxygens (including phenoxy) is 3. The zero-order valence-corrected chi connectivity index (χ0v) is 47.4. The Labute approximate surface area is 496 Å². The fourth-order valence-corrected chi connectivity index (χ4v) is 13.2. The molecular formula is C61H56F7N11O7S. The number of aliphatic hydroxyl groups excluding tert-OH is 2. The highest BCUT2D eigenvalue weighted by Gasteiger charge is 2.45. The summed E-state index contributed by atoms with van der Waals surface area (Å²) in [6.07, 6.45) is -3.32. The van der Waals surface area contributed by atoms with Gasteiger partial charge < -0.3 is 50.6 Å². The number of aliphatic hydroxyl groups is 2. The van der Waals surface area contributed by atoms with E-state index in [0.717, 1.165) is 29.9 Å². The molecule has 2 bridgehead atoms. The minimum atomic E-state index is -5.05. The first-order valence-electron chi connectivity index (χ1n) is 28.2. The Hall–Kier alpha value is -8.48. The zero-order chi connectivity index (χ0) is 61.2. The van der Waals surface area contributed by atoms with E-state index < -0.39 is 94.7 Å². The van der Waals surface area contributed by atoms with Gasteiger partial charge in [-0.15, -0.1) is 16.4 Å². The normalized spacial score (nSPS) is 19.5. The lowest BCUT2D eigenvalue weighted by Crippen LogP contribution is -2.50. The van der Waals surface area contributed by atoms with Crippen LogP contribution in [-0.2, 0) is 27.1 Å². The molecule has 8 aromatic rings. The quantitative estimate of drug-likeness (QED) is 0.0567. The fourth-order valence-electron chi connectivity index (χ4n) is 12.2. The third-order valence-electron chi connectivity index (χ3n) is 16.5. The number of amides is 2. The van der Waals surface area contributed by atoms with E-state index in [0.29, 0.717) is 73.7 Å². The minimum Gasteiger partial charge on any atom is -0.486 e. The van der Waals surface area contributed by atoms with Crippen LogP contribution in [0.1, 0.15) is 73.9 Å². The molecule has 18 nitrogen and oxygen atoms in total. The first-order valence-corrected chi connectivity index (χ1v) is 29.0. The lowest BCUT2D eigenvalue weighted by Gasteiger charge is -2.31. The van der Waals surface area contributed by atoms with Gasteiger partial charge in [-0.3, -0.25) is 9.59 Å². The van der Waals surface area contributed by atoms with Gasteiger partial charge in [0.2, 0.25) is 11.8 Å². The summed E-state index contributed by atoms with van der Waals surface area (Å²) >= 11 is 0.742. The summed E-state index contributed by atoms with van der Waals surface area (Å²) in [5.41, 5.74) is 5.50. The number of rotatable bonds is 16. The summed E-state index contributed by atoms with van der Waals surface area (Å²) in [6, 6.07) is 15.2. The molecule has 0 aliphatic carbocycles. The predicted octanol–water partition coefficient (Wildman–Crippen LogP) is 9.16. The number of aromatic nitrogens is 5. The molecule has 3 aromatic heterocycles. The van der Waals surface area contributed by atoms with Gasteiger partial charge in [0, 0.05) is 85.0 Å². The summed E-state index contributed by atoms with van der Waals surface area (Å²) in [5.74, 6) is -5.89. The van der Waals surface area contributed by atoms with Crippen LogP contribution in [0.25, 0.3) is 54.5 Å². The molecule has 0 radical (unpaired) electrons. The Bertz CT molecular complexity index is 3980. The Kier molecular flexibility index (Phi) is 16.0. The van der Waals surface area contributed by atoms with Crippen LogP contribution in [0.4, 0.5) is 41.6 Å². The molecule has 4 aliphatic rings. The molecule has 6 atom stereocenters. The molecule has 4 aliphatic heterocycles. The van der Waals surface area contributed by atoms with E-state index in [1.807, 2.05) is 11.0 Å². The molecule has 6 N–H and O–H groups in total. The lowest BCUT2D eigenvalue weighted by molar-refractivity contribution is -0.142. The average Bonchev–Trinajstić information content (AvgIpc) is 1.74. The number of thiophene rings is 1. The van der Waals surface area contributed by atoms with Crippen LogP contribution in [0.2, 0.25) is 0 Å². The standard InChI is InChI=1S/C61H56F7N11O7S/c1-29(2)53(59(83)78-25-37(81)20-48(78)58(82)72-47(27-80)32-7-9-33(10-8-32)49-44(64)17-34(62)18-45(49)65)79-26-46(75-76-79)31-5-3-30(4-6-31)28-85-54-51(39-11-12-43(63)55-50(39)41(22-69)56(70)87-55)42(61(66,67)68)21-40-52(54)73-60(86-38-13-15-84-16-14-38)74-57(40)77-24-35-19-36(77)23-71-35/h3-12,17-18,21,26,29,35-38,47-48,53,71,80-81H,13-16,19-20,23-25,27-28,70H2,1-2H3,(H,72,82)/t35-,36-,37+,47-,48-,53-/m0/s1. The molecule has 5 aromatic carbocycles. The maximum atomic E-state index is 16.0. The van der Waals surface area contributed by atoms with Crippen molar-refractivity contribution in [1.82, 2.24) is 40.5 Å². The van der Waals surface area contributed by atoms with Crippen LogP contribution in [0.3, 0.4) is 0 Å². The van der Waals surface area contributed by atoms with E-state index in [1.54, 1.807) is 44.3 Å². The number of nitriles is 1. The number of nitrogen functional groups attached to an aromatic ring is 1. The number of β-amino-alcohol motifs (C(OH)–C–C–N with tert-alkyl or cyclic N) is 1. The largest absolute Gasteiger partial charge is 0.486 e. The van der Waals surface area contributed by atoms with Gasteiger partial charge in [-0.1, -0.05) is 73.7 Å². The maximum absolute atomic E-state index is 16.0. The van der Waals surface area contributed by atoms with E-state index in [2.05, 4.69) is 20.9 Å². The number of hydrogen-bond acceptors (Lipinski definition) is 16. The maximum Gasteiger partial charge on any atom is 0.417 e. The van der Waals surface area contributed by atoms with Crippen LogP contribution in [0.5, 0.6) is 11.8 Å². The molecular weight excluding hydrogens is 1160 g/mol. The number of nitrogens with zero attached hydrogens (tertiary/aromatic N) is 8. The predicted molar refractivity (Wildman–Crippen MR) is 306 cm³/mol. The van der Waals surface area contributed by atoms with Crippen molar-refractivity contribution in [1.29, 1.82) is 5.26 Å². The highest BCUT2D eigenvalue weighted by Crippen LogP contribution is 2.52. The third-order valence-corrected chi connectivity index (χ3v) is 17.5. The van der Waals surface area contributed by atoms with Gasteiger partial charge in [-0.25, -0.2) is 22.2 Å². The smallest absolute Gasteiger partial charge is 0.417 e. The number of fused-ring (bicyclic) bond motifs is 4. The minimum absolute atomic E-state index is 0.0160. The summed E-state index contributed by atoms with van der Waals surface area (Å²) in [7, 11) is 0. The zero-order valence-electron chi connectivity index (χ0n) is 46.6. The average molecular weight is 1220 g/mol. The second kappa shape index (κ2) is 23.7. The van der Waals surface area contributed by atoms with Crippen molar-refractivity contribution >= 4 is 55.0 Å². The van der Waals surface area contributed by atoms with Crippen LogP contribution >= 0.6 is 11.3 Å². The van der Waals surface area contributed by atoms with E-state index >= 15 is 17.6 Å². The first kappa shape index (κ1) is 58.9. The van der Waals surface area contributed by atoms with Crippen molar-refractivity contribution in [3.05, 3.63) is 131 Å². The molecule has 12 rings (SSSR count). The Morgan fingerprint density at radius 2 is 1.67 bits per heavy atom. The van der Waals surface area contributed by atoms with Crippen molar-refractivity contribution in [2.75, 3.05) is 50.1 Å². The summed E-state index contributed by atoms with van der Waals surface area (Å²) in [4.78, 5) is 41.4. The highest BCUT2D eigenvalue weighted by molar-refractivity contribution is 7.23. The SMILES string of the molecule is CC(C)[C@@H](C(=O)N1C[C@H](O)C[C@H]1C(=O)N[C@@H](CO)c1ccc(-c2c(F)cc(F)cc2F)cc1)n1cc(-c2ccc(COc3c(-c4ccc(F)c5sc(N)c(C#N)c45)c(C(F)(F)F)cc4c(N5C[C@@H]6C[C@H]5CN6)nc(OC5CCOCC5)nc34)cc2)nn1. The van der Waals surface area contributed by atoms with Gasteiger partial charge >= 0.3 is 12.2 Å². The topological polar surface area (TPSA) is 239 Å². The second-order valence-electron chi connectivity index (χ2n) is 22.4. The number of benzene rings is 5. The number of nitrogens with two attached hydrogens (primary N) is 1. The van der Waals surface area contributed by atoms with Gasteiger partial charge in [-0.05, 0) is 46.7 Å². The Balaban J connectivity index is 0.836. The van der Waals surface area contributed by atoms with Crippen molar-refractivity contribution < 1.29 is 64.7 Å². The molecule has 4 fully saturated rings. The van der Waals surface area contributed by atoms with Crippen molar-refractivity contribution in [3.8, 4) is 51.3 Å². The Morgan fingerprint density at radius 1 is 0.943 bits per heavy atom. The summed E-state index contributed by atoms with van der Waals surface area (Å²) < 4.78 is 126. The summed E-state index contributed by atoms with van der Waals surface area (Å²) in [5, 5.41) is 46.2. The van der Waals surface area contributed by atoms with E-state index in [9.17, 15) is 38.2 Å². The number of piperazine rings is 1. The number of alkyl halides is 3. The number of nitrogens with one attached hydrogen (secondary N) is 2. The number of carbonyl (C=O) groups excluding carboxylic acids is 2. The number of anilines is 2. The number of halogens is 7. The van der Waals surface area contributed by atoms with Gasteiger partial charge in [0.15, 0.2) is 5.75 Å². The molecule has 7 heterocycles. The molecule has 0 saturated carbocycles. The Morgan fingerprint density at radius 3 is 2.32 bits per heavy atom. The monoisotopic (exact) mass is 1220 g/mol. The van der Waals surface area contributed by atoms with Crippen molar-refractivity contribution in [3.63, 3.8) is 0 Å². The van der Waals surface area contributed by atoms with Gasteiger partial charge in [0.05, 0.1) is 59.6 Å². The van der Waals surface area contributed by atoms with E-state index in [-0.39, 0.29) is 98.0 Å². The van der Waals surface area contributed by atoms with Crippen LogP contribution in [-0.4, -0.2) is 122 Å². The van der Waals surface area contributed by atoms with Gasteiger partial charge in [-0.2, -0.15) is 28.4 Å². The van der Waals surface area contributed by atoms with Gasteiger partial charge in [0.25, 0.3) is 0 Å². The van der Waals surface area contributed by atoms with Crippen LogP contribution < -0.4 is 30.7 Å². The molecule has 0 spiro atoms. The van der Waals surface area contributed by atoms with E-state index in [1.165, 1.54) is 39.9 Å². The van der Waals surface area contributed by atoms with Crippen molar-refractivity contribution in [2.24, 2.45) is 5.92 Å². The molecule has 452 valence electrons. The molecule has 87 heavy (non-hydrogen) atoms. The number of hydrogen-bond donors (Lipinski definition) is 5. The molecule has 0 unspecified atom stereocenters. The number of likely N-dealkylation sites (tertiary alicyclic amines) is 1. The van der Waals surface area contributed by atoms with Crippen LogP contribution in [0.15, 0.2) is 85.1 Å². The molecule has 2 amide bonds. The fraction of sp³-hybridized carbons (Fsp3) is 0.361. The lowest BCUT2D eigenvalue weighted by atomic mass is 9.92. The molecule has 26 heteroatoms. The molecule has 4 saturated heterocycles. The highest BCUT2D eigenvalue weighted by atomic mass is 32.1.